The van der Waals surface area contributed by atoms with E-state index in [1.165, 1.54) is 24.2 Å². The first-order valence-corrected chi connectivity index (χ1v) is 11.4. The summed E-state index contributed by atoms with van der Waals surface area (Å²) in [7, 11) is 1.64. The molecule has 1 amide bonds. The molecular weight excluding hydrogens is 416 g/mol. The van der Waals surface area contributed by atoms with Gasteiger partial charge < -0.3 is 19.9 Å². The summed E-state index contributed by atoms with van der Waals surface area (Å²) in [5.74, 6) is 1.47. The molecule has 2 aliphatic rings. The molecule has 8 heteroatoms. The van der Waals surface area contributed by atoms with Crippen molar-refractivity contribution in [3.8, 4) is 11.4 Å². The van der Waals surface area contributed by atoms with Crippen molar-refractivity contribution in [3.63, 3.8) is 0 Å². The summed E-state index contributed by atoms with van der Waals surface area (Å²) in [6, 6.07) is 14.2. The summed E-state index contributed by atoms with van der Waals surface area (Å²) in [5.41, 5.74) is 12.2. The summed E-state index contributed by atoms with van der Waals surface area (Å²) < 4.78 is 9.48. The summed E-state index contributed by atoms with van der Waals surface area (Å²) in [4.78, 5) is 19.3. The molecule has 2 N–H and O–H groups in total. The smallest absolute Gasteiger partial charge is 0.269 e. The Morgan fingerprint density at radius 1 is 1.03 bits per heavy atom. The maximum absolute atomic E-state index is 12.1. The van der Waals surface area contributed by atoms with E-state index in [9.17, 15) is 4.79 Å². The highest BCUT2D eigenvalue weighted by molar-refractivity contribution is 5.93. The van der Waals surface area contributed by atoms with E-state index >= 15 is 0 Å². The third-order valence-electron chi connectivity index (χ3n) is 6.82. The molecule has 6 rings (SSSR count). The molecule has 0 fully saturated rings. The van der Waals surface area contributed by atoms with Gasteiger partial charge in [0.2, 0.25) is 0 Å². The minimum atomic E-state index is -0.489. The molecule has 33 heavy (non-hydrogen) atoms. The number of rotatable bonds is 4. The normalized spacial score (nSPS) is 15.4. The van der Waals surface area contributed by atoms with Crippen molar-refractivity contribution in [3.05, 3.63) is 65.2 Å². The van der Waals surface area contributed by atoms with Crippen LogP contribution in [0.4, 0.5) is 5.69 Å². The Morgan fingerprint density at radius 3 is 2.64 bits per heavy atom. The van der Waals surface area contributed by atoms with Gasteiger partial charge in [0.05, 0.1) is 36.1 Å². The molecule has 0 unspecified atom stereocenters. The number of primary amides is 1. The highest BCUT2D eigenvalue weighted by atomic mass is 16.5. The highest BCUT2D eigenvalue weighted by Gasteiger charge is 2.28. The maximum atomic E-state index is 12.1. The van der Waals surface area contributed by atoms with Gasteiger partial charge in [0, 0.05) is 30.8 Å². The SMILES string of the molecule is COc1ccc(-n2nc(C(N)=O)c3c2CN(c2ccc4c(c2)nc2n4CCCC2)CC3)cc1. The zero-order valence-electron chi connectivity index (χ0n) is 18.6. The number of aromatic nitrogens is 4. The molecule has 0 aliphatic carbocycles. The highest BCUT2D eigenvalue weighted by Crippen LogP contribution is 2.31. The van der Waals surface area contributed by atoms with Crippen LogP contribution in [-0.2, 0) is 25.9 Å². The number of fused-ring (bicyclic) bond motifs is 4. The van der Waals surface area contributed by atoms with Crippen LogP contribution in [0.2, 0.25) is 0 Å². The lowest BCUT2D eigenvalue weighted by Crippen LogP contribution is -2.32. The van der Waals surface area contributed by atoms with Crippen LogP contribution in [0, 0.1) is 0 Å². The molecule has 2 aromatic heterocycles. The van der Waals surface area contributed by atoms with Gasteiger partial charge >= 0.3 is 0 Å². The number of hydrogen-bond donors (Lipinski definition) is 1. The predicted octanol–water partition coefficient (Wildman–Crippen LogP) is 3.23. The van der Waals surface area contributed by atoms with E-state index in [-0.39, 0.29) is 0 Å². The van der Waals surface area contributed by atoms with E-state index in [2.05, 4.69) is 32.8 Å². The quantitative estimate of drug-likeness (QED) is 0.524. The van der Waals surface area contributed by atoms with Gasteiger partial charge in [-0.3, -0.25) is 4.79 Å². The number of carbonyl (C=O) groups is 1. The monoisotopic (exact) mass is 442 g/mol. The second-order valence-corrected chi connectivity index (χ2v) is 8.73. The number of amides is 1. The van der Waals surface area contributed by atoms with Gasteiger partial charge in [-0.25, -0.2) is 9.67 Å². The summed E-state index contributed by atoms with van der Waals surface area (Å²) in [5, 5.41) is 4.60. The molecule has 2 aliphatic heterocycles. The van der Waals surface area contributed by atoms with E-state index < -0.39 is 5.91 Å². The third-order valence-corrected chi connectivity index (χ3v) is 6.82. The Hall–Kier alpha value is -3.81. The first kappa shape index (κ1) is 19.8. The Morgan fingerprint density at radius 2 is 1.85 bits per heavy atom. The van der Waals surface area contributed by atoms with Crippen molar-refractivity contribution in [1.82, 2.24) is 19.3 Å². The molecule has 2 aromatic carbocycles. The molecule has 0 saturated heterocycles. The number of aryl methyl sites for hydroxylation is 2. The Kier molecular flexibility index (Phi) is 4.60. The first-order valence-electron chi connectivity index (χ1n) is 11.4. The maximum Gasteiger partial charge on any atom is 0.269 e. The average Bonchev–Trinajstić information content (AvgIpc) is 3.42. The molecule has 0 saturated carbocycles. The van der Waals surface area contributed by atoms with Gasteiger partial charge in [-0.2, -0.15) is 5.10 Å². The largest absolute Gasteiger partial charge is 0.497 e. The fourth-order valence-electron chi connectivity index (χ4n) is 5.13. The van der Waals surface area contributed by atoms with Crippen molar-refractivity contribution in [2.75, 3.05) is 18.6 Å². The minimum absolute atomic E-state index is 0.359. The topological polar surface area (TPSA) is 91.2 Å². The van der Waals surface area contributed by atoms with Gasteiger partial charge in [-0.05, 0) is 61.7 Å². The van der Waals surface area contributed by atoms with Crippen LogP contribution in [0.1, 0.15) is 40.4 Å². The van der Waals surface area contributed by atoms with Crippen LogP contribution >= 0.6 is 0 Å². The van der Waals surface area contributed by atoms with Crippen molar-refractivity contribution in [2.24, 2.45) is 5.73 Å². The van der Waals surface area contributed by atoms with E-state index in [0.29, 0.717) is 18.7 Å². The Bertz CT molecular complexity index is 1370. The molecule has 0 bridgehead atoms. The summed E-state index contributed by atoms with van der Waals surface area (Å²) in [6.45, 7) is 2.48. The standard InChI is InChI=1S/C25H26N6O2/c1-33-18-8-5-16(6-9-18)31-22-15-29(13-11-19(22)24(28-31)25(26)32)17-7-10-21-20(14-17)27-23-4-2-3-12-30(21)23/h5-10,14H,2-4,11-13,15H2,1H3,(H2,26,32). The Labute approximate surface area is 191 Å². The molecule has 0 spiro atoms. The Balaban J connectivity index is 1.38. The van der Waals surface area contributed by atoms with E-state index in [4.69, 9.17) is 15.5 Å². The molecule has 0 radical (unpaired) electrons. The second-order valence-electron chi connectivity index (χ2n) is 8.73. The number of carbonyl (C=O) groups excluding carboxylic acids is 1. The van der Waals surface area contributed by atoms with E-state index in [0.717, 1.165) is 53.4 Å². The molecule has 168 valence electrons. The van der Waals surface area contributed by atoms with Crippen LogP contribution < -0.4 is 15.4 Å². The number of nitrogens with zero attached hydrogens (tertiary/aromatic N) is 5. The second kappa shape index (κ2) is 7.65. The van der Waals surface area contributed by atoms with Gasteiger partial charge in [0.25, 0.3) is 5.91 Å². The van der Waals surface area contributed by atoms with Crippen LogP contribution in [0.3, 0.4) is 0 Å². The lowest BCUT2D eigenvalue weighted by molar-refractivity contribution is 0.0994. The number of benzene rings is 2. The number of methoxy groups -OCH3 is 1. The first-order chi connectivity index (χ1) is 16.1. The minimum Gasteiger partial charge on any atom is -0.497 e. The molecule has 8 nitrogen and oxygen atoms in total. The average molecular weight is 443 g/mol. The number of nitrogens with two attached hydrogens (primary N) is 1. The molecule has 4 heterocycles. The van der Waals surface area contributed by atoms with Crippen molar-refractivity contribution in [1.29, 1.82) is 0 Å². The van der Waals surface area contributed by atoms with Crippen molar-refractivity contribution < 1.29 is 9.53 Å². The fourth-order valence-corrected chi connectivity index (χ4v) is 5.13. The van der Waals surface area contributed by atoms with E-state index in [1.807, 2.05) is 28.9 Å². The van der Waals surface area contributed by atoms with Crippen molar-refractivity contribution in [2.45, 2.75) is 38.8 Å². The van der Waals surface area contributed by atoms with Gasteiger partial charge in [0.15, 0.2) is 5.69 Å². The van der Waals surface area contributed by atoms with E-state index in [1.54, 1.807) is 7.11 Å². The van der Waals surface area contributed by atoms with Crippen LogP contribution in [0.25, 0.3) is 16.7 Å². The van der Waals surface area contributed by atoms with Gasteiger partial charge in [-0.15, -0.1) is 0 Å². The molecular formula is C25H26N6O2. The van der Waals surface area contributed by atoms with Crippen molar-refractivity contribution >= 4 is 22.6 Å². The lowest BCUT2D eigenvalue weighted by atomic mass is 10.0. The zero-order valence-corrected chi connectivity index (χ0v) is 18.6. The predicted molar refractivity (Wildman–Crippen MR) is 126 cm³/mol. The molecule has 0 atom stereocenters. The summed E-state index contributed by atoms with van der Waals surface area (Å²) >= 11 is 0. The van der Waals surface area contributed by atoms with Crippen LogP contribution in [0.5, 0.6) is 5.75 Å². The van der Waals surface area contributed by atoms with Gasteiger partial charge in [-0.1, -0.05) is 0 Å². The van der Waals surface area contributed by atoms with Gasteiger partial charge in [0.1, 0.15) is 11.6 Å². The zero-order chi connectivity index (χ0) is 22.5. The summed E-state index contributed by atoms with van der Waals surface area (Å²) in [6.07, 6.45) is 4.19. The van der Waals surface area contributed by atoms with Crippen LogP contribution in [0.15, 0.2) is 42.5 Å². The van der Waals surface area contributed by atoms with Crippen LogP contribution in [-0.4, -0.2) is 38.9 Å². The third kappa shape index (κ3) is 3.25. The lowest BCUT2D eigenvalue weighted by Gasteiger charge is -2.30. The number of hydrogen-bond acceptors (Lipinski definition) is 5. The number of imidazole rings is 1. The molecule has 4 aromatic rings. The fraction of sp³-hybridized carbons (Fsp3) is 0.320. The number of ether oxygens (including phenoxy) is 1. The number of anilines is 1.